The van der Waals surface area contributed by atoms with Crippen molar-refractivity contribution < 1.29 is 84.2 Å². The Bertz CT molecular complexity index is 297. The minimum absolute atomic E-state index is 0. The van der Waals surface area contributed by atoms with Crippen LogP contribution in [0.4, 0.5) is 0 Å². The van der Waals surface area contributed by atoms with E-state index in [9.17, 15) is 49.5 Å². The molecule has 1 N–H and O–H groups in total. The molecular formula is C16H29NaO11Si. The van der Waals surface area contributed by atoms with Crippen LogP contribution >= 0.6 is 0 Å². The zero-order valence-corrected chi connectivity index (χ0v) is 21.1. The van der Waals surface area contributed by atoms with Crippen molar-refractivity contribution in [3.05, 3.63) is 0 Å². The molecule has 0 saturated carbocycles. The van der Waals surface area contributed by atoms with Crippen molar-refractivity contribution in [1.29, 1.82) is 0 Å². The number of carbonyl (C=O) groups excluding carboxylic acids is 5. The summed E-state index contributed by atoms with van der Waals surface area (Å²) in [6.45, 7) is 7.69. The van der Waals surface area contributed by atoms with Crippen LogP contribution in [0.2, 0.25) is 0 Å². The second-order valence-corrected chi connectivity index (χ2v) is 3.63. The fourth-order valence-corrected chi connectivity index (χ4v) is 0. The van der Waals surface area contributed by atoms with Gasteiger partial charge < -0.3 is 54.6 Å². The number of carboxylic acid groups (broad SMARTS) is 5. The van der Waals surface area contributed by atoms with Crippen LogP contribution in [-0.4, -0.2) is 53.0 Å². The molecule has 11 nitrogen and oxygen atoms in total. The molecule has 0 spiro atoms. The molecule has 164 valence electrons. The first-order valence-electron chi connectivity index (χ1n) is 7.79. The van der Waals surface area contributed by atoms with E-state index in [0.29, 0.717) is 0 Å². The molecule has 29 heavy (non-hydrogen) atoms. The number of hydrogen-bond donors (Lipinski definition) is 1. The number of carbonyl (C=O) groups is 5. The van der Waals surface area contributed by atoms with Crippen molar-refractivity contribution in [3.8, 4) is 0 Å². The van der Waals surface area contributed by atoms with Crippen molar-refractivity contribution in [2.24, 2.45) is 0 Å². The van der Waals surface area contributed by atoms with Gasteiger partial charge in [-0.3, -0.25) is 0 Å². The number of aliphatic hydroxyl groups is 1. The topological polar surface area (TPSA) is 221 Å². The minimum atomic E-state index is -0.995. The fourth-order valence-electron chi connectivity index (χ4n) is 0. The van der Waals surface area contributed by atoms with Gasteiger partial charge in [-0.15, -0.1) is 0 Å². The predicted molar refractivity (Wildman–Crippen MR) is 90.4 cm³/mol. The molecule has 0 unspecified atom stereocenters. The molecule has 0 rings (SSSR count). The van der Waals surface area contributed by atoms with E-state index in [1.165, 1.54) is 34.6 Å². The summed E-state index contributed by atoms with van der Waals surface area (Å²) in [6.07, 6.45) is 0.556. The van der Waals surface area contributed by atoms with Crippen molar-refractivity contribution in [1.82, 2.24) is 0 Å². The van der Waals surface area contributed by atoms with Crippen molar-refractivity contribution >= 4 is 40.8 Å². The molecule has 0 aliphatic rings. The van der Waals surface area contributed by atoms with E-state index in [2.05, 4.69) is 0 Å². The van der Waals surface area contributed by atoms with Crippen molar-refractivity contribution in [2.75, 3.05) is 7.11 Å². The maximum absolute atomic E-state index is 9.26. The molecule has 0 saturated heterocycles. The molecule has 0 fully saturated rings. The van der Waals surface area contributed by atoms with E-state index in [-0.39, 0.29) is 72.6 Å². The van der Waals surface area contributed by atoms with E-state index in [0.717, 1.165) is 7.11 Å². The Balaban J connectivity index is -0.0000000305. The van der Waals surface area contributed by atoms with E-state index in [4.69, 9.17) is 5.11 Å². The van der Waals surface area contributed by atoms with Gasteiger partial charge in [0, 0.05) is 37.0 Å². The van der Waals surface area contributed by atoms with Gasteiger partial charge in [0.2, 0.25) is 0 Å². The van der Waals surface area contributed by atoms with Gasteiger partial charge in [-0.05, 0) is 32.1 Å². The fraction of sp³-hybridized carbons (Fsp3) is 0.688. The molecular weight excluding hydrogens is 419 g/mol. The average molecular weight is 448 g/mol. The van der Waals surface area contributed by atoms with E-state index >= 15 is 0 Å². The van der Waals surface area contributed by atoms with Gasteiger partial charge >= 0.3 is 40.5 Å². The molecule has 0 aromatic heterocycles. The van der Waals surface area contributed by atoms with Gasteiger partial charge in [-0.25, -0.2) is 0 Å². The number of aliphatic hydroxyl groups excluding tert-OH is 1. The maximum Gasteiger partial charge on any atom is 4.00 e. The number of aliphatic carboxylic acids is 5. The first-order chi connectivity index (χ1) is 12.4. The molecule has 0 aromatic carbocycles. The normalized spacial score (nSPS) is 6.59. The molecule has 0 atom stereocenters. The summed E-state index contributed by atoms with van der Waals surface area (Å²) in [6, 6.07) is 0. The summed E-state index contributed by atoms with van der Waals surface area (Å²) in [7, 11) is 1.00. The van der Waals surface area contributed by atoms with E-state index in [1.54, 1.807) is 0 Å². The Kier molecular flexibility index (Phi) is 88.2. The third kappa shape index (κ3) is 219. The third-order valence-corrected chi connectivity index (χ3v) is 1.44. The molecule has 0 heterocycles. The van der Waals surface area contributed by atoms with Gasteiger partial charge in [-0.1, -0.05) is 34.6 Å². The van der Waals surface area contributed by atoms with Crippen LogP contribution in [0.1, 0.15) is 66.7 Å². The smallest absolute Gasteiger partial charge is 0.550 e. The van der Waals surface area contributed by atoms with E-state index in [1.807, 2.05) is 0 Å². The Morgan fingerprint density at radius 1 is 0.483 bits per heavy atom. The largest absolute Gasteiger partial charge is 4.00 e. The van der Waals surface area contributed by atoms with Crippen molar-refractivity contribution in [2.45, 2.75) is 66.7 Å². The summed E-state index contributed by atoms with van der Waals surface area (Å²) in [5.41, 5.74) is 0. The van der Waals surface area contributed by atoms with Crippen LogP contribution in [-0.2, 0) is 24.0 Å². The Labute approximate surface area is 198 Å². The van der Waals surface area contributed by atoms with Gasteiger partial charge in [0.15, 0.2) is 0 Å². The molecule has 0 aliphatic carbocycles. The van der Waals surface area contributed by atoms with Gasteiger partial charge in [0.25, 0.3) is 0 Å². The molecule has 0 amide bonds. The summed E-state index contributed by atoms with van der Waals surface area (Å²) in [4.78, 5) is 46.3. The first kappa shape index (κ1) is 50.8. The average Bonchev–Trinajstić information content (AvgIpc) is 2.64. The number of carboxylic acids is 5. The predicted octanol–water partition coefficient (Wildman–Crippen LogP) is -8.04. The van der Waals surface area contributed by atoms with Crippen LogP contribution < -0.4 is 55.1 Å². The maximum atomic E-state index is 9.26. The first-order valence-corrected chi connectivity index (χ1v) is 7.79. The van der Waals surface area contributed by atoms with Crippen LogP contribution in [0, 0.1) is 0 Å². The molecule has 0 aromatic rings. The van der Waals surface area contributed by atoms with Gasteiger partial charge in [0.1, 0.15) is 0 Å². The van der Waals surface area contributed by atoms with Crippen LogP contribution in [0.5, 0.6) is 0 Å². The standard InChI is InChI=1S/5C3H6O2.CH4O.Na.Si/c5*1-2-3(4)5;1-2;;/h5*2H2,1H3,(H,4,5);2H,1H3;;/q;;;;;;+1;+4/p-5. The van der Waals surface area contributed by atoms with Gasteiger partial charge in [0.05, 0.1) is 0 Å². The molecule has 13 heteroatoms. The van der Waals surface area contributed by atoms with Crippen molar-refractivity contribution in [3.63, 3.8) is 0 Å². The Hall–Kier alpha value is -1.47. The molecule has 0 radical (unpaired) electrons. The Morgan fingerprint density at radius 2 is 0.517 bits per heavy atom. The van der Waals surface area contributed by atoms with Crippen LogP contribution in [0.25, 0.3) is 0 Å². The minimum Gasteiger partial charge on any atom is -0.550 e. The molecule has 0 bridgehead atoms. The zero-order chi connectivity index (χ0) is 23.4. The summed E-state index contributed by atoms with van der Waals surface area (Å²) >= 11 is 0. The molecule has 0 aliphatic heterocycles. The summed E-state index contributed by atoms with van der Waals surface area (Å²) in [5, 5.41) is 53.3. The monoisotopic (exact) mass is 448 g/mol. The number of rotatable bonds is 5. The second kappa shape index (κ2) is 50.4. The SMILES string of the molecule is CCC(=O)[O-].CCC(=O)[O-].CCC(=O)[O-].CCC(=O)[O-].CCC(=O)[O-].CO.[Na+].[Si+4]. The summed E-state index contributed by atoms with van der Waals surface area (Å²) in [5.74, 6) is -4.98. The summed E-state index contributed by atoms with van der Waals surface area (Å²) < 4.78 is 0. The van der Waals surface area contributed by atoms with E-state index < -0.39 is 29.8 Å². The quantitative estimate of drug-likeness (QED) is 0.389. The van der Waals surface area contributed by atoms with Crippen LogP contribution in [0.15, 0.2) is 0 Å². The number of hydrogen-bond acceptors (Lipinski definition) is 11. The van der Waals surface area contributed by atoms with Gasteiger partial charge in [-0.2, -0.15) is 0 Å². The second-order valence-electron chi connectivity index (χ2n) is 3.63. The zero-order valence-electron chi connectivity index (χ0n) is 18.1. The Morgan fingerprint density at radius 3 is 0.517 bits per heavy atom. The third-order valence-electron chi connectivity index (χ3n) is 1.44. The van der Waals surface area contributed by atoms with Crippen LogP contribution in [0.3, 0.4) is 0 Å².